The Balaban J connectivity index is 2.09. The minimum absolute atomic E-state index is 0.0187. The molecule has 0 aromatic heterocycles. The van der Waals surface area contributed by atoms with Crippen molar-refractivity contribution in [1.82, 2.24) is 10.2 Å². The van der Waals surface area contributed by atoms with E-state index in [2.05, 4.69) is 5.32 Å². The molecule has 2 amide bonds. The lowest BCUT2D eigenvalue weighted by atomic mass is 10.1. The van der Waals surface area contributed by atoms with E-state index in [-0.39, 0.29) is 23.4 Å². The summed E-state index contributed by atoms with van der Waals surface area (Å²) in [5, 5.41) is 3.69. The summed E-state index contributed by atoms with van der Waals surface area (Å²) >= 11 is 12.5. The van der Waals surface area contributed by atoms with Crippen LogP contribution in [0.3, 0.4) is 0 Å². The van der Waals surface area contributed by atoms with Crippen molar-refractivity contribution in [3.63, 3.8) is 0 Å². The minimum atomic E-state index is -4.15. The second kappa shape index (κ2) is 13.7. The normalized spacial score (nSPS) is 12.9. The number of anilines is 1. The zero-order valence-corrected chi connectivity index (χ0v) is 26.6. The van der Waals surface area contributed by atoms with Crippen LogP contribution in [0, 0.1) is 20.8 Å². The summed E-state index contributed by atoms with van der Waals surface area (Å²) in [6.07, 6.45) is 0.713. The summed E-state index contributed by atoms with van der Waals surface area (Å²) < 4.78 is 29.2. The molecule has 10 heteroatoms. The van der Waals surface area contributed by atoms with Crippen LogP contribution in [0.5, 0.6) is 0 Å². The number of nitrogens with one attached hydrogen (secondary N) is 1. The topological polar surface area (TPSA) is 86.8 Å². The quantitative estimate of drug-likeness (QED) is 0.268. The van der Waals surface area contributed by atoms with Crippen LogP contribution in [-0.2, 0) is 26.2 Å². The summed E-state index contributed by atoms with van der Waals surface area (Å²) in [6, 6.07) is 15.7. The van der Waals surface area contributed by atoms with E-state index in [0.29, 0.717) is 27.7 Å². The Morgan fingerprint density at radius 2 is 1.61 bits per heavy atom. The molecule has 0 unspecified atom stereocenters. The van der Waals surface area contributed by atoms with Crippen LogP contribution in [0.2, 0.25) is 10.0 Å². The second-order valence-electron chi connectivity index (χ2n) is 10.3. The van der Waals surface area contributed by atoms with E-state index in [0.717, 1.165) is 21.0 Å². The van der Waals surface area contributed by atoms with E-state index in [1.165, 1.54) is 17.0 Å². The van der Waals surface area contributed by atoms with Crippen molar-refractivity contribution in [2.45, 2.75) is 71.5 Å². The van der Waals surface area contributed by atoms with Crippen LogP contribution in [0.25, 0.3) is 0 Å². The van der Waals surface area contributed by atoms with Crippen LogP contribution in [0.1, 0.15) is 49.4 Å². The molecule has 3 rings (SSSR count). The molecule has 1 N–H and O–H groups in total. The van der Waals surface area contributed by atoms with E-state index >= 15 is 0 Å². The van der Waals surface area contributed by atoms with E-state index in [9.17, 15) is 18.0 Å². The van der Waals surface area contributed by atoms with Gasteiger partial charge in [0.2, 0.25) is 11.8 Å². The molecular formula is C31H37Cl2N3O4S. The number of carbonyl (C=O) groups excluding carboxylic acids is 2. The molecule has 0 aliphatic rings. The summed E-state index contributed by atoms with van der Waals surface area (Å²) in [6.45, 7) is 10.5. The van der Waals surface area contributed by atoms with Gasteiger partial charge in [-0.1, -0.05) is 66.0 Å². The second-order valence-corrected chi connectivity index (χ2v) is 13.0. The highest BCUT2D eigenvalue weighted by atomic mass is 35.5. The first-order chi connectivity index (χ1) is 19.3. The Hall–Kier alpha value is -3.07. The van der Waals surface area contributed by atoms with Crippen molar-refractivity contribution in [2.24, 2.45) is 0 Å². The molecular weight excluding hydrogens is 581 g/mol. The molecule has 220 valence electrons. The molecule has 0 radical (unpaired) electrons. The van der Waals surface area contributed by atoms with Gasteiger partial charge >= 0.3 is 0 Å². The maximum Gasteiger partial charge on any atom is 0.264 e. The predicted molar refractivity (Wildman–Crippen MR) is 166 cm³/mol. The molecule has 0 heterocycles. The van der Waals surface area contributed by atoms with Gasteiger partial charge in [-0.2, -0.15) is 0 Å². The number of benzene rings is 3. The van der Waals surface area contributed by atoms with Gasteiger partial charge in [-0.25, -0.2) is 8.42 Å². The largest absolute Gasteiger partial charge is 0.352 e. The van der Waals surface area contributed by atoms with Gasteiger partial charge in [-0.05, 0) is 88.1 Å². The fraction of sp³-hybridized carbons (Fsp3) is 0.355. The molecule has 0 saturated heterocycles. The summed E-state index contributed by atoms with van der Waals surface area (Å²) in [7, 11) is -4.15. The maximum absolute atomic E-state index is 14.1. The number of amides is 2. The Kier molecular flexibility index (Phi) is 10.9. The molecule has 7 nitrogen and oxygen atoms in total. The van der Waals surface area contributed by atoms with Gasteiger partial charge in [0.15, 0.2) is 0 Å². The molecule has 0 aliphatic carbocycles. The molecule has 3 aromatic carbocycles. The average molecular weight is 619 g/mol. The Labute approximate surface area is 253 Å². The Morgan fingerprint density at radius 3 is 2.22 bits per heavy atom. The Bertz CT molecular complexity index is 1510. The van der Waals surface area contributed by atoms with Gasteiger partial charge in [0, 0.05) is 22.6 Å². The van der Waals surface area contributed by atoms with Crippen molar-refractivity contribution >= 4 is 50.7 Å². The average Bonchev–Trinajstić information content (AvgIpc) is 2.92. The van der Waals surface area contributed by atoms with E-state index in [4.69, 9.17) is 23.2 Å². The van der Waals surface area contributed by atoms with E-state index in [1.54, 1.807) is 49.4 Å². The third-order valence-corrected chi connectivity index (χ3v) is 9.62. The van der Waals surface area contributed by atoms with Crippen LogP contribution >= 0.6 is 23.2 Å². The number of hydrogen-bond acceptors (Lipinski definition) is 4. The lowest BCUT2D eigenvalue weighted by Gasteiger charge is -2.33. The third kappa shape index (κ3) is 7.82. The van der Waals surface area contributed by atoms with Gasteiger partial charge < -0.3 is 10.2 Å². The fourth-order valence-electron chi connectivity index (χ4n) is 4.24. The predicted octanol–water partition coefficient (Wildman–Crippen LogP) is 6.45. The van der Waals surface area contributed by atoms with Crippen molar-refractivity contribution in [3.8, 4) is 0 Å². The summed E-state index contributed by atoms with van der Waals surface area (Å²) in [5.74, 6) is -0.906. The molecule has 0 aliphatic heterocycles. The fourth-order valence-corrected chi connectivity index (χ4v) is 6.18. The highest BCUT2D eigenvalue weighted by molar-refractivity contribution is 7.92. The Morgan fingerprint density at radius 1 is 0.951 bits per heavy atom. The monoisotopic (exact) mass is 617 g/mol. The lowest BCUT2D eigenvalue weighted by Crippen LogP contribution is -2.52. The molecule has 2 atom stereocenters. The number of carbonyl (C=O) groups is 2. The number of aryl methyl sites for hydroxylation is 2. The smallest absolute Gasteiger partial charge is 0.264 e. The first kappa shape index (κ1) is 32.4. The standard InChI is InChI=1S/C31H37Cl2N3O4S/c1-7-22(4)34-31(38)24(6)35(18-25-13-14-26(32)17-28(25)33)30(37)19-36(29-10-8-9-21(3)23(29)5)41(39,40)27-15-11-20(2)12-16-27/h8-17,22,24H,7,18-19H2,1-6H3,(H,34,38)/t22-,24-/m1/s1. The number of nitrogens with zero attached hydrogens (tertiary/aromatic N) is 2. The van der Waals surface area contributed by atoms with Gasteiger partial charge in [0.25, 0.3) is 10.0 Å². The molecule has 0 fully saturated rings. The molecule has 3 aromatic rings. The van der Waals surface area contributed by atoms with Crippen molar-refractivity contribution < 1.29 is 18.0 Å². The van der Waals surface area contributed by atoms with Gasteiger partial charge in [-0.15, -0.1) is 0 Å². The lowest BCUT2D eigenvalue weighted by molar-refractivity contribution is -0.139. The van der Waals surface area contributed by atoms with Crippen LogP contribution < -0.4 is 9.62 Å². The highest BCUT2D eigenvalue weighted by Crippen LogP contribution is 2.30. The first-order valence-corrected chi connectivity index (χ1v) is 15.6. The van der Waals surface area contributed by atoms with Gasteiger partial charge in [0.05, 0.1) is 10.6 Å². The number of rotatable bonds is 11. The van der Waals surface area contributed by atoms with E-state index in [1.807, 2.05) is 40.7 Å². The van der Waals surface area contributed by atoms with Gasteiger partial charge in [-0.3, -0.25) is 13.9 Å². The minimum Gasteiger partial charge on any atom is -0.352 e. The van der Waals surface area contributed by atoms with Crippen molar-refractivity contribution in [2.75, 3.05) is 10.8 Å². The van der Waals surface area contributed by atoms with Crippen LogP contribution in [0.15, 0.2) is 65.6 Å². The molecule has 0 spiro atoms. The van der Waals surface area contributed by atoms with Crippen LogP contribution in [0.4, 0.5) is 5.69 Å². The number of halogens is 2. The zero-order chi connectivity index (χ0) is 30.5. The van der Waals surface area contributed by atoms with Gasteiger partial charge in [0.1, 0.15) is 12.6 Å². The molecule has 0 bridgehead atoms. The van der Waals surface area contributed by atoms with Crippen LogP contribution in [-0.4, -0.2) is 43.8 Å². The van der Waals surface area contributed by atoms with Crippen molar-refractivity contribution in [1.29, 1.82) is 0 Å². The number of sulfonamides is 1. The van der Waals surface area contributed by atoms with E-state index < -0.39 is 28.5 Å². The third-order valence-electron chi connectivity index (χ3n) is 7.26. The SMILES string of the molecule is CC[C@@H](C)NC(=O)[C@@H](C)N(Cc1ccc(Cl)cc1Cl)C(=O)CN(c1cccc(C)c1C)S(=O)(=O)c1ccc(C)cc1. The highest BCUT2D eigenvalue weighted by Gasteiger charge is 2.33. The maximum atomic E-state index is 14.1. The summed E-state index contributed by atoms with van der Waals surface area (Å²) in [4.78, 5) is 28.7. The zero-order valence-electron chi connectivity index (χ0n) is 24.2. The van der Waals surface area contributed by atoms with Crippen molar-refractivity contribution in [3.05, 3.63) is 93.0 Å². The number of hydrogen-bond donors (Lipinski definition) is 1. The first-order valence-electron chi connectivity index (χ1n) is 13.5. The summed E-state index contributed by atoms with van der Waals surface area (Å²) in [5.41, 5.74) is 3.48. The molecule has 0 saturated carbocycles. The molecule has 41 heavy (non-hydrogen) atoms.